The topological polar surface area (TPSA) is 29.9 Å². The molecule has 30 heavy (non-hydrogen) atoms. The van der Waals surface area contributed by atoms with Crippen molar-refractivity contribution < 1.29 is 8.98 Å². The van der Waals surface area contributed by atoms with E-state index < -0.39 is 0 Å². The van der Waals surface area contributed by atoms with Crippen molar-refractivity contribution in [2.45, 2.75) is 58.8 Å². The fraction of sp³-hybridized carbons (Fsp3) is 0.407. The van der Waals surface area contributed by atoms with Gasteiger partial charge in [-0.25, -0.2) is 9.55 Å². The summed E-state index contributed by atoms with van der Waals surface area (Å²) in [7, 11) is 2.14. The molecule has 1 saturated carbocycles. The number of furan rings is 1. The van der Waals surface area contributed by atoms with Crippen LogP contribution in [-0.4, -0.2) is 4.98 Å². The van der Waals surface area contributed by atoms with Crippen molar-refractivity contribution in [1.82, 2.24) is 4.98 Å². The van der Waals surface area contributed by atoms with Gasteiger partial charge in [0.25, 0.3) is 0 Å². The maximum Gasteiger partial charge on any atom is 0.227 e. The summed E-state index contributed by atoms with van der Waals surface area (Å²) in [4.78, 5) is 4.95. The molecule has 3 aromatic heterocycles. The summed E-state index contributed by atoms with van der Waals surface area (Å²) < 4.78 is 8.68. The second kappa shape index (κ2) is 7.54. The van der Waals surface area contributed by atoms with Crippen LogP contribution >= 0.6 is 0 Å². The quantitative estimate of drug-likeness (QED) is 0.360. The third-order valence-electron chi connectivity index (χ3n) is 6.61. The molecule has 0 N–H and O–H groups in total. The van der Waals surface area contributed by atoms with Crippen molar-refractivity contribution in [2.75, 3.05) is 0 Å². The molecule has 5 rings (SSSR count). The van der Waals surface area contributed by atoms with E-state index in [1.807, 2.05) is 0 Å². The molecule has 0 spiro atoms. The zero-order valence-electron chi connectivity index (χ0n) is 18.5. The lowest BCUT2D eigenvalue weighted by Gasteiger charge is -2.08. The summed E-state index contributed by atoms with van der Waals surface area (Å²) in [5.74, 6) is 1.24. The Bertz CT molecular complexity index is 1230. The van der Waals surface area contributed by atoms with Gasteiger partial charge in [-0.3, -0.25) is 0 Å². The van der Waals surface area contributed by atoms with Crippen LogP contribution in [0.25, 0.3) is 33.3 Å². The van der Waals surface area contributed by atoms with Crippen LogP contribution in [0.4, 0.5) is 0 Å². The molecule has 0 radical (unpaired) electrons. The van der Waals surface area contributed by atoms with Crippen LogP contribution in [0.15, 0.2) is 47.0 Å². The molecule has 1 aliphatic rings. The lowest BCUT2D eigenvalue weighted by molar-refractivity contribution is -0.660. The first-order valence-corrected chi connectivity index (χ1v) is 11.3. The van der Waals surface area contributed by atoms with E-state index in [-0.39, 0.29) is 0 Å². The Morgan fingerprint density at radius 2 is 1.80 bits per heavy atom. The molecular formula is C27H31N2O+. The average Bonchev–Trinajstić information content (AvgIpc) is 3.35. The van der Waals surface area contributed by atoms with Crippen LogP contribution in [0, 0.1) is 12.8 Å². The Morgan fingerprint density at radius 3 is 2.53 bits per heavy atom. The summed E-state index contributed by atoms with van der Waals surface area (Å²) >= 11 is 0. The van der Waals surface area contributed by atoms with Gasteiger partial charge in [0.15, 0.2) is 11.8 Å². The summed E-state index contributed by atoms with van der Waals surface area (Å²) in [6.45, 7) is 6.70. The summed E-state index contributed by atoms with van der Waals surface area (Å²) in [6, 6.07) is 13.3. The molecule has 0 unspecified atom stereocenters. The first-order valence-electron chi connectivity index (χ1n) is 11.3. The Balaban J connectivity index is 1.66. The normalized spacial score (nSPS) is 15.1. The third kappa shape index (κ3) is 3.30. The molecule has 0 amide bonds. The minimum absolute atomic E-state index is 0.593. The maximum atomic E-state index is 6.44. The highest BCUT2D eigenvalue weighted by Crippen LogP contribution is 2.38. The van der Waals surface area contributed by atoms with Crippen LogP contribution < -0.4 is 4.57 Å². The van der Waals surface area contributed by atoms with Gasteiger partial charge in [-0.2, -0.15) is 0 Å². The predicted octanol–water partition coefficient (Wildman–Crippen LogP) is 6.64. The summed E-state index contributed by atoms with van der Waals surface area (Å²) in [6.07, 6.45) is 8.49. The molecular weight excluding hydrogens is 368 g/mol. The number of fused-ring (bicyclic) bond motifs is 3. The van der Waals surface area contributed by atoms with Gasteiger partial charge in [-0.1, -0.05) is 38.8 Å². The fourth-order valence-electron chi connectivity index (χ4n) is 5.12. The SMILES string of the molecule is Cc1ccc2c(oc3nc(C4CCCC4)ccc32)c1-c1ccc(CC(C)C)c[n+]1C. The van der Waals surface area contributed by atoms with Crippen LogP contribution in [0.3, 0.4) is 0 Å². The minimum Gasteiger partial charge on any atom is -0.437 e. The largest absolute Gasteiger partial charge is 0.437 e. The number of hydrogen-bond donors (Lipinski definition) is 0. The standard InChI is InChI=1S/C27H31N2O/c1-17(2)15-19-10-14-24(29(4)16-19)25-18(3)9-11-21-22-12-13-23(20-7-5-6-8-20)28-27(22)30-26(21)25/h9-14,16-17,20H,5-8,15H2,1-4H3/q+1. The number of hydrogen-bond acceptors (Lipinski definition) is 2. The van der Waals surface area contributed by atoms with Crippen LogP contribution in [0.2, 0.25) is 0 Å². The molecule has 0 bridgehead atoms. The molecule has 1 fully saturated rings. The second-order valence-electron chi connectivity index (χ2n) is 9.44. The molecule has 3 heteroatoms. The molecule has 0 atom stereocenters. The molecule has 1 aromatic carbocycles. The zero-order valence-corrected chi connectivity index (χ0v) is 18.5. The number of pyridine rings is 2. The van der Waals surface area contributed by atoms with Crippen molar-refractivity contribution in [2.24, 2.45) is 13.0 Å². The fourth-order valence-corrected chi connectivity index (χ4v) is 5.12. The third-order valence-corrected chi connectivity index (χ3v) is 6.61. The van der Waals surface area contributed by atoms with Gasteiger partial charge < -0.3 is 4.42 Å². The van der Waals surface area contributed by atoms with Crippen molar-refractivity contribution in [1.29, 1.82) is 0 Å². The highest BCUT2D eigenvalue weighted by Gasteiger charge is 2.23. The summed E-state index contributed by atoms with van der Waals surface area (Å²) in [5, 5.41) is 2.27. The number of benzene rings is 1. The lowest BCUT2D eigenvalue weighted by Crippen LogP contribution is -2.31. The van der Waals surface area contributed by atoms with E-state index >= 15 is 0 Å². The van der Waals surface area contributed by atoms with Gasteiger partial charge in [0.2, 0.25) is 11.4 Å². The number of aryl methyl sites for hydroxylation is 2. The summed E-state index contributed by atoms with van der Waals surface area (Å²) in [5.41, 5.74) is 7.88. The Morgan fingerprint density at radius 1 is 1.03 bits per heavy atom. The monoisotopic (exact) mass is 399 g/mol. The van der Waals surface area contributed by atoms with Crippen molar-refractivity contribution in [3.63, 3.8) is 0 Å². The highest BCUT2D eigenvalue weighted by molar-refractivity contribution is 6.08. The van der Waals surface area contributed by atoms with E-state index in [9.17, 15) is 0 Å². The lowest BCUT2D eigenvalue weighted by atomic mass is 9.99. The number of nitrogens with zero attached hydrogens (tertiary/aromatic N) is 2. The van der Waals surface area contributed by atoms with Gasteiger partial charge in [-0.05, 0) is 55.9 Å². The molecule has 3 nitrogen and oxygen atoms in total. The minimum atomic E-state index is 0.593. The molecule has 154 valence electrons. The Hall–Kier alpha value is -2.68. The number of aromatic nitrogens is 2. The van der Waals surface area contributed by atoms with Gasteiger partial charge in [-0.15, -0.1) is 0 Å². The van der Waals surface area contributed by atoms with Crippen LogP contribution in [0.1, 0.15) is 62.3 Å². The molecule has 1 aliphatic carbocycles. The van der Waals surface area contributed by atoms with E-state index in [4.69, 9.17) is 9.40 Å². The number of rotatable bonds is 4. The van der Waals surface area contributed by atoms with Crippen molar-refractivity contribution in [3.8, 4) is 11.3 Å². The average molecular weight is 400 g/mol. The second-order valence-corrected chi connectivity index (χ2v) is 9.44. The van der Waals surface area contributed by atoms with Crippen molar-refractivity contribution in [3.05, 3.63) is 59.4 Å². The first-order chi connectivity index (χ1) is 14.5. The Labute approximate surface area is 178 Å². The molecule has 3 heterocycles. The zero-order chi connectivity index (χ0) is 20.8. The van der Waals surface area contributed by atoms with Crippen LogP contribution in [-0.2, 0) is 13.5 Å². The van der Waals surface area contributed by atoms with E-state index in [1.165, 1.54) is 53.8 Å². The van der Waals surface area contributed by atoms with Gasteiger partial charge >= 0.3 is 0 Å². The first kappa shape index (κ1) is 19.3. The highest BCUT2D eigenvalue weighted by atomic mass is 16.3. The van der Waals surface area contributed by atoms with Crippen molar-refractivity contribution >= 4 is 22.1 Å². The molecule has 0 aliphatic heterocycles. The molecule has 4 aromatic rings. The Kier molecular flexibility index (Phi) is 4.85. The van der Waals surface area contributed by atoms with Gasteiger partial charge in [0.1, 0.15) is 7.05 Å². The van der Waals surface area contributed by atoms with E-state index in [0.29, 0.717) is 11.8 Å². The predicted molar refractivity (Wildman–Crippen MR) is 123 cm³/mol. The molecule has 0 saturated heterocycles. The van der Waals surface area contributed by atoms with E-state index in [2.05, 4.69) is 75.0 Å². The maximum absolute atomic E-state index is 6.44. The smallest absolute Gasteiger partial charge is 0.227 e. The van der Waals surface area contributed by atoms with Gasteiger partial charge in [0.05, 0.1) is 5.56 Å². The van der Waals surface area contributed by atoms with E-state index in [1.54, 1.807) is 0 Å². The van der Waals surface area contributed by atoms with Gasteiger partial charge in [0, 0.05) is 34.0 Å². The van der Waals surface area contributed by atoms with Crippen LogP contribution in [0.5, 0.6) is 0 Å². The van der Waals surface area contributed by atoms with E-state index in [0.717, 1.165) is 28.5 Å².